The van der Waals surface area contributed by atoms with E-state index in [1.54, 1.807) is 17.4 Å². The van der Waals surface area contributed by atoms with Gasteiger partial charge in [0, 0.05) is 38.6 Å². The number of carboxylic acid groups (broad SMARTS) is 1. The number of aliphatic carboxylic acids is 1. The van der Waals surface area contributed by atoms with Crippen LogP contribution in [0, 0.1) is 5.41 Å². The van der Waals surface area contributed by atoms with Gasteiger partial charge in [0.1, 0.15) is 0 Å². The predicted octanol–water partition coefficient (Wildman–Crippen LogP) is 1.17. The number of rotatable bonds is 6. The van der Waals surface area contributed by atoms with Gasteiger partial charge in [-0.15, -0.1) is 0 Å². The van der Waals surface area contributed by atoms with Gasteiger partial charge >= 0.3 is 12.0 Å². The van der Waals surface area contributed by atoms with E-state index in [1.807, 2.05) is 17.7 Å². The normalized spacial score (nSPS) is 21.5. The first kappa shape index (κ1) is 15.3. The molecule has 1 unspecified atom stereocenters. The minimum absolute atomic E-state index is 0.186. The Hall–Kier alpha value is -2.05. The van der Waals surface area contributed by atoms with Crippen molar-refractivity contribution in [2.24, 2.45) is 5.41 Å². The van der Waals surface area contributed by atoms with Crippen LogP contribution in [0.3, 0.4) is 0 Å². The van der Waals surface area contributed by atoms with Gasteiger partial charge in [0.05, 0.1) is 11.7 Å². The van der Waals surface area contributed by atoms with E-state index in [0.29, 0.717) is 39.0 Å². The summed E-state index contributed by atoms with van der Waals surface area (Å²) in [5, 5.41) is 12.3. The lowest BCUT2D eigenvalue weighted by Gasteiger charge is -2.24. The lowest BCUT2D eigenvalue weighted by atomic mass is 9.83. The Labute approximate surface area is 124 Å². The van der Waals surface area contributed by atoms with Gasteiger partial charge in [-0.05, 0) is 12.8 Å². The van der Waals surface area contributed by atoms with Crippen molar-refractivity contribution in [2.45, 2.75) is 32.7 Å². The molecule has 2 rings (SSSR count). The topological polar surface area (TPSA) is 87.5 Å². The minimum Gasteiger partial charge on any atom is -0.481 e. The average Bonchev–Trinajstić information content (AvgIpc) is 3.09. The summed E-state index contributed by atoms with van der Waals surface area (Å²) in [5.41, 5.74) is -0.767. The Bertz CT molecular complexity index is 488. The Morgan fingerprint density at radius 1 is 1.48 bits per heavy atom. The van der Waals surface area contributed by atoms with Gasteiger partial charge in [-0.2, -0.15) is 0 Å². The number of urea groups is 1. The summed E-state index contributed by atoms with van der Waals surface area (Å²) in [7, 11) is 0. The lowest BCUT2D eigenvalue weighted by molar-refractivity contribution is -0.148. The zero-order valence-corrected chi connectivity index (χ0v) is 12.3. The van der Waals surface area contributed by atoms with E-state index in [1.165, 1.54) is 0 Å². The molecule has 7 nitrogen and oxygen atoms in total. The summed E-state index contributed by atoms with van der Waals surface area (Å²) in [5.74, 6) is -0.793. The van der Waals surface area contributed by atoms with E-state index in [9.17, 15) is 14.7 Å². The maximum atomic E-state index is 12.1. The number of carboxylic acids is 1. The molecule has 0 spiro atoms. The van der Waals surface area contributed by atoms with Crippen LogP contribution < -0.4 is 5.32 Å². The average molecular weight is 294 g/mol. The number of carbonyl (C=O) groups is 2. The summed E-state index contributed by atoms with van der Waals surface area (Å²) >= 11 is 0. The third kappa shape index (κ3) is 3.53. The summed E-state index contributed by atoms with van der Waals surface area (Å²) < 4.78 is 1.88. The molecule has 1 aromatic rings. The maximum absolute atomic E-state index is 12.1. The van der Waals surface area contributed by atoms with Crippen LogP contribution in [0.15, 0.2) is 18.7 Å². The van der Waals surface area contributed by atoms with Crippen molar-refractivity contribution in [2.75, 3.05) is 19.6 Å². The van der Waals surface area contributed by atoms with E-state index in [0.717, 1.165) is 6.42 Å². The molecule has 21 heavy (non-hydrogen) atoms. The van der Waals surface area contributed by atoms with E-state index < -0.39 is 11.4 Å². The number of nitrogens with zero attached hydrogens (tertiary/aromatic N) is 3. The van der Waals surface area contributed by atoms with Gasteiger partial charge in [0.15, 0.2) is 0 Å². The zero-order valence-electron chi connectivity index (χ0n) is 12.3. The Morgan fingerprint density at radius 3 is 2.90 bits per heavy atom. The molecule has 0 aromatic carbocycles. The first-order valence-corrected chi connectivity index (χ1v) is 7.29. The smallest absolute Gasteiger partial charge is 0.317 e. The van der Waals surface area contributed by atoms with Crippen LogP contribution in [0.2, 0.25) is 0 Å². The predicted molar refractivity (Wildman–Crippen MR) is 76.8 cm³/mol. The summed E-state index contributed by atoms with van der Waals surface area (Å²) in [6.07, 6.45) is 7.17. The highest BCUT2D eigenvalue weighted by Gasteiger charge is 2.45. The molecule has 2 heterocycles. The van der Waals surface area contributed by atoms with E-state index in [-0.39, 0.29) is 6.03 Å². The molecule has 1 atom stereocenters. The highest BCUT2D eigenvalue weighted by molar-refractivity contribution is 5.79. The Morgan fingerprint density at radius 2 is 2.29 bits per heavy atom. The molecule has 7 heteroatoms. The van der Waals surface area contributed by atoms with E-state index in [4.69, 9.17) is 0 Å². The van der Waals surface area contributed by atoms with Crippen LogP contribution >= 0.6 is 0 Å². The second-order valence-corrected chi connectivity index (χ2v) is 5.54. The summed E-state index contributed by atoms with van der Waals surface area (Å²) in [6, 6.07) is -0.186. The highest BCUT2D eigenvalue weighted by Crippen LogP contribution is 2.35. The molecule has 0 bridgehead atoms. The number of aromatic nitrogens is 2. The fraction of sp³-hybridized carbons (Fsp3) is 0.643. The van der Waals surface area contributed by atoms with E-state index >= 15 is 0 Å². The van der Waals surface area contributed by atoms with Gasteiger partial charge in [-0.25, -0.2) is 9.78 Å². The highest BCUT2D eigenvalue weighted by atomic mass is 16.4. The summed E-state index contributed by atoms with van der Waals surface area (Å²) in [6.45, 7) is 3.92. The first-order valence-electron chi connectivity index (χ1n) is 7.29. The van der Waals surface area contributed by atoms with Crippen LogP contribution in [-0.2, 0) is 11.3 Å². The van der Waals surface area contributed by atoms with Crippen LogP contribution in [-0.4, -0.2) is 51.2 Å². The Kier molecular flexibility index (Phi) is 4.82. The third-order valence-corrected chi connectivity index (χ3v) is 4.03. The van der Waals surface area contributed by atoms with Crippen molar-refractivity contribution in [3.05, 3.63) is 18.7 Å². The minimum atomic E-state index is -0.793. The van der Waals surface area contributed by atoms with E-state index in [2.05, 4.69) is 10.3 Å². The summed E-state index contributed by atoms with van der Waals surface area (Å²) in [4.78, 5) is 29.1. The molecule has 2 amide bonds. The molecule has 1 aliphatic rings. The van der Waals surface area contributed by atoms with Gasteiger partial charge in [-0.3, -0.25) is 4.79 Å². The maximum Gasteiger partial charge on any atom is 0.317 e. The molecule has 116 valence electrons. The molecule has 1 aromatic heterocycles. The van der Waals surface area contributed by atoms with Crippen molar-refractivity contribution in [1.29, 1.82) is 0 Å². The molecule has 1 fully saturated rings. The van der Waals surface area contributed by atoms with Gasteiger partial charge in [-0.1, -0.05) is 13.3 Å². The number of carbonyl (C=O) groups excluding carboxylic acids is 1. The second-order valence-electron chi connectivity index (χ2n) is 5.54. The van der Waals surface area contributed by atoms with Crippen LogP contribution in [0.1, 0.15) is 26.2 Å². The number of imidazole rings is 1. The molecule has 1 saturated heterocycles. The Balaban J connectivity index is 1.82. The monoisotopic (exact) mass is 294 g/mol. The van der Waals surface area contributed by atoms with Crippen molar-refractivity contribution < 1.29 is 14.7 Å². The third-order valence-electron chi connectivity index (χ3n) is 4.03. The van der Waals surface area contributed by atoms with Gasteiger partial charge in [0.2, 0.25) is 0 Å². The zero-order chi connectivity index (χ0) is 15.3. The van der Waals surface area contributed by atoms with Gasteiger partial charge in [0.25, 0.3) is 0 Å². The molecule has 0 saturated carbocycles. The number of hydrogen-bond acceptors (Lipinski definition) is 3. The fourth-order valence-electron chi connectivity index (χ4n) is 2.83. The van der Waals surface area contributed by atoms with Crippen molar-refractivity contribution in [3.63, 3.8) is 0 Å². The number of likely N-dealkylation sites (tertiary alicyclic amines) is 1. The van der Waals surface area contributed by atoms with Crippen molar-refractivity contribution in [1.82, 2.24) is 19.8 Å². The number of amides is 2. The van der Waals surface area contributed by atoms with Crippen molar-refractivity contribution in [3.8, 4) is 0 Å². The molecule has 2 N–H and O–H groups in total. The number of nitrogens with one attached hydrogen (secondary N) is 1. The first-order chi connectivity index (χ1) is 10.1. The molecular weight excluding hydrogens is 272 g/mol. The number of hydrogen-bond donors (Lipinski definition) is 2. The molecule has 0 radical (unpaired) electrons. The quantitative estimate of drug-likeness (QED) is 0.824. The fourth-order valence-corrected chi connectivity index (χ4v) is 2.83. The second kappa shape index (κ2) is 6.60. The van der Waals surface area contributed by atoms with Crippen molar-refractivity contribution >= 4 is 12.0 Å². The van der Waals surface area contributed by atoms with Crippen LogP contribution in [0.25, 0.3) is 0 Å². The molecular formula is C14H22N4O3. The standard InChI is InChI=1S/C14H22N4O3/c1-2-3-14(12(19)20)4-7-18(10-14)13(21)16-6-9-17-8-5-15-11-17/h5,8,11H,2-4,6-7,9-10H2,1H3,(H,16,21)(H,19,20). The van der Waals surface area contributed by atoms with Crippen LogP contribution in [0.5, 0.6) is 0 Å². The lowest BCUT2D eigenvalue weighted by Crippen LogP contribution is -2.42. The van der Waals surface area contributed by atoms with Gasteiger partial charge < -0.3 is 19.9 Å². The molecule has 1 aliphatic heterocycles. The largest absolute Gasteiger partial charge is 0.481 e. The van der Waals surface area contributed by atoms with Crippen LogP contribution in [0.4, 0.5) is 4.79 Å². The molecule has 0 aliphatic carbocycles. The SMILES string of the molecule is CCCC1(C(=O)O)CCN(C(=O)NCCn2ccnc2)C1.